The molecule has 0 spiro atoms. The van der Waals surface area contributed by atoms with Gasteiger partial charge in [-0.05, 0) is 18.1 Å². The maximum absolute atomic E-state index is 12.8. The first-order valence-electron chi connectivity index (χ1n) is 7.61. The number of hydrogen-bond acceptors (Lipinski definition) is 4. The molecule has 0 unspecified atom stereocenters. The van der Waals surface area contributed by atoms with Gasteiger partial charge in [-0.25, -0.2) is 9.50 Å². The predicted octanol–water partition coefficient (Wildman–Crippen LogP) is 3.58. The van der Waals surface area contributed by atoms with Crippen molar-refractivity contribution in [1.29, 1.82) is 5.26 Å². The Hall–Kier alpha value is -3.28. The van der Waals surface area contributed by atoms with Gasteiger partial charge < -0.3 is 4.74 Å². The second kappa shape index (κ2) is 6.22. The van der Waals surface area contributed by atoms with E-state index in [0.29, 0.717) is 11.1 Å². The average molecular weight is 362 g/mol. The van der Waals surface area contributed by atoms with Crippen LogP contribution < -0.4 is 10.3 Å². The molecule has 0 bridgehead atoms. The standard InChI is InChI=1S/C17H13F3N4O2/c1-9(2)13-14(10-4-3-5-12(6-10)26-17(18,19)20)23-15-11(7-21)8-22-24(15)16(13)25/h3-6,8-9,22H,1-2H3. The van der Waals surface area contributed by atoms with Crippen molar-refractivity contribution in [2.24, 2.45) is 0 Å². The molecule has 1 N–H and O–H groups in total. The Labute approximate surface area is 145 Å². The molecule has 1 aromatic carbocycles. The van der Waals surface area contributed by atoms with Gasteiger partial charge in [0.2, 0.25) is 0 Å². The number of alkyl halides is 3. The Morgan fingerprint density at radius 1 is 1.35 bits per heavy atom. The molecular formula is C17H13F3N4O2. The van der Waals surface area contributed by atoms with Gasteiger partial charge in [-0.2, -0.15) is 5.26 Å². The Morgan fingerprint density at radius 2 is 2.08 bits per heavy atom. The number of nitrogens with zero attached hydrogens (tertiary/aromatic N) is 3. The van der Waals surface area contributed by atoms with Crippen LogP contribution in [0.25, 0.3) is 16.9 Å². The lowest BCUT2D eigenvalue weighted by Crippen LogP contribution is -2.22. The molecule has 2 aromatic heterocycles. The van der Waals surface area contributed by atoms with Crippen molar-refractivity contribution in [3.8, 4) is 23.1 Å². The zero-order chi connectivity index (χ0) is 19.1. The first-order chi connectivity index (χ1) is 12.2. The molecule has 6 nitrogen and oxygen atoms in total. The summed E-state index contributed by atoms with van der Waals surface area (Å²) < 4.78 is 42.5. The van der Waals surface area contributed by atoms with E-state index in [1.807, 2.05) is 6.07 Å². The van der Waals surface area contributed by atoms with Gasteiger partial charge in [0.05, 0.1) is 5.69 Å². The predicted molar refractivity (Wildman–Crippen MR) is 86.7 cm³/mol. The number of rotatable bonds is 3. The van der Waals surface area contributed by atoms with Crippen LogP contribution in [-0.4, -0.2) is 21.0 Å². The molecule has 0 atom stereocenters. The van der Waals surface area contributed by atoms with E-state index in [0.717, 1.165) is 16.6 Å². The van der Waals surface area contributed by atoms with Gasteiger partial charge in [0.25, 0.3) is 5.56 Å². The maximum Gasteiger partial charge on any atom is 0.573 e. The van der Waals surface area contributed by atoms with Crippen molar-refractivity contribution < 1.29 is 17.9 Å². The maximum atomic E-state index is 12.8. The SMILES string of the molecule is CC(C)c1c(-c2cccc(OC(F)(F)F)c2)nc2c(C#N)c[nH]n2c1=O. The number of aromatic amines is 1. The van der Waals surface area contributed by atoms with Gasteiger partial charge in [-0.15, -0.1) is 13.2 Å². The molecule has 0 aliphatic rings. The monoisotopic (exact) mass is 362 g/mol. The minimum absolute atomic E-state index is 0.110. The average Bonchev–Trinajstić information content (AvgIpc) is 2.96. The van der Waals surface area contributed by atoms with E-state index in [1.165, 1.54) is 18.3 Å². The fourth-order valence-electron chi connectivity index (χ4n) is 2.69. The summed E-state index contributed by atoms with van der Waals surface area (Å²) in [7, 11) is 0. The van der Waals surface area contributed by atoms with Crippen LogP contribution in [0.4, 0.5) is 13.2 Å². The summed E-state index contributed by atoms with van der Waals surface area (Å²) in [5.41, 5.74) is 0.677. The van der Waals surface area contributed by atoms with Gasteiger partial charge in [-0.1, -0.05) is 26.0 Å². The van der Waals surface area contributed by atoms with E-state index >= 15 is 0 Å². The fraction of sp³-hybridized carbons (Fsp3) is 0.235. The van der Waals surface area contributed by atoms with E-state index in [1.54, 1.807) is 13.8 Å². The van der Waals surface area contributed by atoms with Crippen LogP contribution in [0.1, 0.15) is 30.9 Å². The van der Waals surface area contributed by atoms with Crippen molar-refractivity contribution in [3.05, 3.63) is 51.9 Å². The number of halogens is 3. The van der Waals surface area contributed by atoms with Gasteiger partial charge in [0, 0.05) is 17.3 Å². The van der Waals surface area contributed by atoms with E-state index < -0.39 is 17.7 Å². The second-order valence-corrected chi connectivity index (χ2v) is 5.87. The topological polar surface area (TPSA) is 83.2 Å². The molecule has 3 aromatic rings. The largest absolute Gasteiger partial charge is 0.573 e. The highest BCUT2D eigenvalue weighted by atomic mass is 19.4. The molecule has 0 aliphatic carbocycles. The summed E-state index contributed by atoms with van der Waals surface area (Å²) in [6, 6.07) is 7.16. The molecule has 0 saturated carbocycles. The van der Waals surface area contributed by atoms with Crippen molar-refractivity contribution in [1.82, 2.24) is 14.6 Å². The zero-order valence-corrected chi connectivity index (χ0v) is 13.8. The third-order valence-electron chi connectivity index (χ3n) is 3.74. The summed E-state index contributed by atoms with van der Waals surface area (Å²) in [6.07, 6.45) is -3.48. The Bertz CT molecular complexity index is 1070. The zero-order valence-electron chi connectivity index (χ0n) is 13.8. The first-order valence-corrected chi connectivity index (χ1v) is 7.61. The van der Waals surface area contributed by atoms with E-state index in [2.05, 4.69) is 14.8 Å². The number of hydrogen-bond donors (Lipinski definition) is 1. The summed E-state index contributed by atoms with van der Waals surface area (Å²) in [6.45, 7) is 3.55. The summed E-state index contributed by atoms with van der Waals surface area (Å²) in [5.74, 6) is -0.663. The fourth-order valence-corrected chi connectivity index (χ4v) is 2.69. The Morgan fingerprint density at radius 3 is 2.69 bits per heavy atom. The van der Waals surface area contributed by atoms with Crippen LogP contribution in [-0.2, 0) is 0 Å². The molecule has 0 saturated heterocycles. The quantitative estimate of drug-likeness (QED) is 0.772. The summed E-state index contributed by atoms with van der Waals surface area (Å²) >= 11 is 0. The van der Waals surface area contributed by atoms with Crippen molar-refractivity contribution in [3.63, 3.8) is 0 Å². The lowest BCUT2D eigenvalue weighted by Gasteiger charge is -2.14. The van der Waals surface area contributed by atoms with Crippen LogP contribution >= 0.6 is 0 Å². The van der Waals surface area contributed by atoms with Crippen LogP contribution in [0.3, 0.4) is 0 Å². The highest BCUT2D eigenvalue weighted by Crippen LogP contribution is 2.30. The third-order valence-corrected chi connectivity index (χ3v) is 3.74. The summed E-state index contributed by atoms with van der Waals surface area (Å²) in [5, 5.41) is 11.8. The van der Waals surface area contributed by atoms with Gasteiger partial charge in [0.15, 0.2) is 5.65 Å². The van der Waals surface area contributed by atoms with Gasteiger partial charge in [-0.3, -0.25) is 9.89 Å². The lowest BCUT2D eigenvalue weighted by molar-refractivity contribution is -0.274. The van der Waals surface area contributed by atoms with E-state index in [4.69, 9.17) is 5.26 Å². The van der Waals surface area contributed by atoms with Crippen molar-refractivity contribution in [2.45, 2.75) is 26.1 Å². The van der Waals surface area contributed by atoms with Crippen LogP contribution in [0.2, 0.25) is 0 Å². The molecule has 26 heavy (non-hydrogen) atoms. The number of nitrogens with one attached hydrogen (secondary N) is 1. The minimum atomic E-state index is -4.83. The second-order valence-electron chi connectivity index (χ2n) is 5.87. The summed E-state index contributed by atoms with van der Waals surface area (Å²) in [4.78, 5) is 17.1. The molecular weight excluding hydrogens is 349 g/mol. The normalized spacial score (nSPS) is 11.7. The molecule has 134 valence electrons. The van der Waals surface area contributed by atoms with Crippen LogP contribution in [0, 0.1) is 11.3 Å². The van der Waals surface area contributed by atoms with Crippen LogP contribution in [0.5, 0.6) is 5.75 Å². The highest BCUT2D eigenvalue weighted by molar-refractivity contribution is 5.69. The van der Waals surface area contributed by atoms with E-state index in [9.17, 15) is 18.0 Å². The molecule has 0 fully saturated rings. The number of benzene rings is 1. The van der Waals surface area contributed by atoms with Crippen LogP contribution in [0.15, 0.2) is 35.3 Å². The Balaban J connectivity index is 2.27. The number of ether oxygens (including phenoxy) is 1. The van der Waals surface area contributed by atoms with Crippen molar-refractivity contribution in [2.75, 3.05) is 0 Å². The molecule has 0 amide bonds. The number of aromatic nitrogens is 3. The third kappa shape index (κ3) is 3.13. The number of fused-ring (bicyclic) bond motifs is 1. The lowest BCUT2D eigenvalue weighted by atomic mass is 9.98. The molecule has 0 aliphatic heterocycles. The molecule has 0 radical (unpaired) electrons. The van der Waals surface area contributed by atoms with Gasteiger partial charge >= 0.3 is 6.36 Å². The number of H-pyrrole nitrogens is 1. The Kier molecular flexibility index (Phi) is 4.20. The minimum Gasteiger partial charge on any atom is -0.406 e. The molecule has 2 heterocycles. The molecule has 3 rings (SSSR count). The first kappa shape index (κ1) is 17.5. The van der Waals surface area contributed by atoms with Crippen molar-refractivity contribution >= 4 is 5.65 Å². The molecule has 9 heteroatoms. The smallest absolute Gasteiger partial charge is 0.406 e. The number of nitriles is 1. The van der Waals surface area contributed by atoms with E-state index in [-0.39, 0.29) is 22.8 Å². The van der Waals surface area contributed by atoms with Gasteiger partial charge in [0.1, 0.15) is 17.4 Å². The highest BCUT2D eigenvalue weighted by Gasteiger charge is 2.31.